The molecule has 4 heterocycles. The Morgan fingerprint density at radius 1 is 1.08 bits per heavy atom. The highest BCUT2D eigenvalue weighted by atomic mass is 35.5. The lowest BCUT2D eigenvalue weighted by Crippen LogP contribution is -2.38. The van der Waals surface area contributed by atoms with Crippen LogP contribution < -0.4 is 14.9 Å². The average molecular weight is 572 g/mol. The van der Waals surface area contributed by atoms with Crippen molar-refractivity contribution < 1.29 is 4.39 Å². The molecular weight excluding hydrogens is 549 g/mol. The molecule has 0 N–H and O–H groups in total. The lowest BCUT2D eigenvalue weighted by Gasteiger charge is -2.30. The molecule has 7 rings (SSSR count). The van der Waals surface area contributed by atoms with E-state index in [1.54, 1.807) is 23.5 Å². The van der Waals surface area contributed by atoms with Gasteiger partial charge >= 0.3 is 0 Å². The Morgan fingerprint density at radius 2 is 1.92 bits per heavy atom. The minimum atomic E-state index is -0.462. The fraction of sp³-hybridized carbons (Fsp3) is 0.161. The smallest absolute Gasteiger partial charge is 0.271 e. The van der Waals surface area contributed by atoms with Gasteiger partial charge in [-0.1, -0.05) is 53.3 Å². The van der Waals surface area contributed by atoms with Gasteiger partial charge in [-0.15, -0.1) is 11.3 Å². The molecule has 2 aliphatic rings. The second kappa shape index (κ2) is 9.30. The van der Waals surface area contributed by atoms with E-state index in [0.29, 0.717) is 15.0 Å². The highest BCUT2D eigenvalue weighted by Crippen LogP contribution is 2.42. The number of fused-ring (bicyclic) bond motifs is 3. The van der Waals surface area contributed by atoms with E-state index < -0.39 is 5.82 Å². The Morgan fingerprint density at radius 3 is 2.72 bits per heavy atom. The molecule has 0 spiro atoms. The van der Waals surface area contributed by atoms with Crippen molar-refractivity contribution in [2.24, 2.45) is 4.99 Å². The highest BCUT2D eigenvalue weighted by Gasteiger charge is 2.33. The lowest BCUT2D eigenvalue weighted by atomic mass is 9.85. The second-order valence-corrected chi connectivity index (χ2v) is 12.3. The molecule has 0 bridgehead atoms. The van der Waals surface area contributed by atoms with Crippen LogP contribution >= 0.6 is 34.3 Å². The zero-order valence-electron chi connectivity index (χ0n) is 21.2. The van der Waals surface area contributed by atoms with Crippen LogP contribution in [0.25, 0.3) is 17.5 Å². The predicted molar refractivity (Wildman–Crippen MR) is 157 cm³/mol. The maximum atomic E-state index is 14.2. The van der Waals surface area contributed by atoms with Gasteiger partial charge in [0.05, 0.1) is 21.3 Å². The van der Waals surface area contributed by atoms with Crippen molar-refractivity contribution in [1.82, 2.24) is 9.13 Å². The number of thiazole rings is 1. The summed E-state index contributed by atoms with van der Waals surface area (Å²) in [6.07, 6.45) is 3.76. The standard InChI is InChI=1S/C31H23ClFN3OS2/c1-17-14-20(18(2)35(17)21-10-12-24(32)25(33)16-21)15-27-30(37)36-29(26-8-5-13-38-26)23-11-9-19-6-3-4-7-22(19)28(23)34-31(36)39-27/h3-8,10,12-16,29H,9,11H2,1-2H3/b27-15-/t29-/m0/s1. The number of benzene rings is 2. The number of halogens is 2. The van der Waals surface area contributed by atoms with Crippen LogP contribution in [0.15, 0.2) is 81.4 Å². The summed E-state index contributed by atoms with van der Waals surface area (Å²) in [5.74, 6) is -0.462. The molecule has 5 aromatic rings. The molecule has 0 unspecified atom stereocenters. The number of rotatable bonds is 3. The van der Waals surface area contributed by atoms with Crippen molar-refractivity contribution in [2.45, 2.75) is 32.7 Å². The first-order chi connectivity index (χ1) is 18.9. The highest BCUT2D eigenvalue weighted by molar-refractivity contribution is 7.10. The average Bonchev–Trinajstić information content (AvgIpc) is 3.64. The molecule has 1 aliphatic heterocycles. The van der Waals surface area contributed by atoms with Crippen LogP contribution in [-0.4, -0.2) is 9.13 Å². The van der Waals surface area contributed by atoms with Crippen molar-refractivity contribution in [3.63, 3.8) is 0 Å². The molecule has 0 amide bonds. The lowest BCUT2D eigenvalue weighted by molar-refractivity contribution is 0.593. The summed E-state index contributed by atoms with van der Waals surface area (Å²) in [4.78, 5) is 20.9. The maximum absolute atomic E-state index is 14.2. The molecule has 0 radical (unpaired) electrons. The summed E-state index contributed by atoms with van der Waals surface area (Å²) < 4.78 is 18.7. The number of aromatic nitrogens is 2. The Kier molecular flexibility index (Phi) is 5.84. The first-order valence-corrected chi connectivity index (χ1v) is 14.8. The molecule has 0 saturated carbocycles. The monoisotopic (exact) mass is 571 g/mol. The zero-order valence-corrected chi connectivity index (χ0v) is 23.6. The van der Waals surface area contributed by atoms with Crippen LogP contribution in [0.5, 0.6) is 0 Å². The van der Waals surface area contributed by atoms with Crippen molar-refractivity contribution in [3.8, 4) is 5.69 Å². The number of hydrogen-bond acceptors (Lipinski definition) is 4. The zero-order chi connectivity index (χ0) is 26.8. The number of thiophene rings is 1. The normalized spacial score (nSPS) is 16.6. The van der Waals surface area contributed by atoms with E-state index in [1.165, 1.54) is 28.5 Å². The Bertz CT molecular complexity index is 2000. The molecule has 0 fully saturated rings. The molecule has 1 aliphatic carbocycles. The van der Waals surface area contributed by atoms with E-state index >= 15 is 0 Å². The van der Waals surface area contributed by atoms with Gasteiger partial charge in [0.2, 0.25) is 0 Å². The molecule has 1 atom stereocenters. The van der Waals surface area contributed by atoms with E-state index in [2.05, 4.69) is 35.7 Å². The molecule has 2 aromatic carbocycles. The first kappa shape index (κ1) is 24.5. The first-order valence-electron chi connectivity index (χ1n) is 12.7. The van der Waals surface area contributed by atoms with Crippen molar-refractivity contribution >= 4 is 46.0 Å². The summed E-state index contributed by atoms with van der Waals surface area (Å²) in [5, 5.41) is 2.16. The number of nitrogens with zero attached hydrogens (tertiary/aromatic N) is 3. The van der Waals surface area contributed by atoms with Gasteiger partial charge in [0.15, 0.2) is 4.80 Å². The topological polar surface area (TPSA) is 39.3 Å². The van der Waals surface area contributed by atoms with Crippen molar-refractivity contribution in [2.75, 3.05) is 0 Å². The van der Waals surface area contributed by atoms with Gasteiger partial charge in [0, 0.05) is 27.5 Å². The summed E-state index contributed by atoms with van der Waals surface area (Å²) in [7, 11) is 0. The summed E-state index contributed by atoms with van der Waals surface area (Å²) >= 11 is 9.01. The van der Waals surface area contributed by atoms with Crippen LogP contribution in [-0.2, 0) is 6.42 Å². The van der Waals surface area contributed by atoms with Crippen LogP contribution in [0.4, 0.5) is 4.39 Å². The van der Waals surface area contributed by atoms with Gasteiger partial charge in [0.1, 0.15) is 5.82 Å². The third-order valence-corrected chi connectivity index (χ3v) is 9.82. The SMILES string of the molecule is Cc1cc(/C=c2\sc3n(c2=O)[C@H](c2cccs2)C2=C(N=3)c3ccccc3CC2)c(C)n1-c1ccc(Cl)c(F)c1. The summed E-state index contributed by atoms with van der Waals surface area (Å²) in [5.41, 5.74) is 8.10. The van der Waals surface area contributed by atoms with Gasteiger partial charge in [0.25, 0.3) is 5.56 Å². The molecule has 194 valence electrons. The second-order valence-electron chi connectivity index (χ2n) is 9.89. The number of hydrogen-bond donors (Lipinski definition) is 0. The quantitative estimate of drug-likeness (QED) is 0.241. The van der Waals surface area contributed by atoms with Gasteiger partial charge < -0.3 is 4.57 Å². The van der Waals surface area contributed by atoms with Crippen LogP contribution in [0, 0.1) is 19.7 Å². The van der Waals surface area contributed by atoms with Gasteiger partial charge in [-0.05, 0) is 85.2 Å². The minimum Gasteiger partial charge on any atom is -0.318 e. The predicted octanol–water partition coefficient (Wildman–Crippen LogP) is 6.58. The molecule has 0 saturated heterocycles. The van der Waals surface area contributed by atoms with Gasteiger partial charge in [-0.2, -0.15) is 0 Å². The van der Waals surface area contributed by atoms with E-state index in [0.717, 1.165) is 45.9 Å². The molecule has 3 aromatic heterocycles. The Balaban J connectivity index is 1.42. The van der Waals surface area contributed by atoms with E-state index in [1.807, 2.05) is 41.2 Å². The molecular formula is C31H23ClFN3OS2. The van der Waals surface area contributed by atoms with Crippen molar-refractivity contribution in [3.05, 3.63) is 135 Å². The summed E-state index contributed by atoms with van der Waals surface area (Å²) in [6.45, 7) is 3.95. The van der Waals surface area contributed by atoms with Crippen LogP contribution in [0.1, 0.15) is 45.4 Å². The number of aryl methyl sites for hydroxylation is 2. The molecule has 39 heavy (non-hydrogen) atoms. The summed E-state index contributed by atoms with van der Waals surface area (Å²) in [6, 6.07) is 19.3. The van der Waals surface area contributed by atoms with Gasteiger partial charge in [-0.25, -0.2) is 9.38 Å². The Hall–Kier alpha value is -3.52. The van der Waals surface area contributed by atoms with Crippen molar-refractivity contribution in [1.29, 1.82) is 0 Å². The fourth-order valence-electron chi connectivity index (χ4n) is 5.81. The van der Waals surface area contributed by atoms with Crippen LogP contribution in [0.3, 0.4) is 0 Å². The number of allylic oxidation sites excluding steroid dienone is 1. The van der Waals surface area contributed by atoms with E-state index in [4.69, 9.17) is 16.6 Å². The largest absolute Gasteiger partial charge is 0.318 e. The molecule has 8 heteroatoms. The third-order valence-electron chi connectivity index (χ3n) is 7.60. The Labute approximate surface area is 237 Å². The fourth-order valence-corrected chi connectivity index (χ4v) is 7.77. The third kappa shape index (κ3) is 3.91. The minimum absolute atomic E-state index is 0.0371. The van der Waals surface area contributed by atoms with E-state index in [-0.39, 0.29) is 16.6 Å². The van der Waals surface area contributed by atoms with Crippen LogP contribution in [0.2, 0.25) is 5.02 Å². The molecule has 4 nitrogen and oxygen atoms in total. The maximum Gasteiger partial charge on any atom is 0.271 e. The van der Waals surface area contributed by atoms with Gasteiger partial charge in [-0.3, -0.25) is 9.36 Å². The van der Waals surface area contributed by atoms with E-state index in [9.17, 15) is 9.18 Å².